The Bertz CT molecular complexity index is 471. The van der Waals surface area contributed by atoms with Crippen LogP contribution in [0.4, 0.5) is 0 Å². The van der Waals surface area contributed by atoms with Crippen molar-refractivity contribution in [2.75, 3.05) is 13.2 Å². The fourth-order valence-corrected chi connectivity index (χ4v) is 1.68. The van der Waals surface area contributed by atoms with Crippen molar-refractivity contribution in [2.24, 2.45) is 0 Å². The Morgan fingerprint density at radius 1 is 1.44 bits per heavy atom. The highest BCUT2D eigenvalue weighted by molar-refractivity contribution is 6.32. The van der Waals surface area contributed by atoms with Crippen LogP contribution in [0.1, 0.15) is 19.2 Å². The van der Waals surface area contributed by atoms with Gasteiger partial charge < -0.3 is 4.74 Å². The Balaban J connectivity index is 2.10. The number of ether oxygens (including phenoxy) is 1. The predicted molar refractivity (Wildman–Crippen MR) is 60.6 cm³/mol. The van der Waals surface area contributed by atoms with E-state index in [1.165, 1.54) is 0 Å². The summed E-state index contributed by atoms with van der Waals surface area (Å²) in [6, 6.07) is 0. The van der Waals surface area contributed by atoms with E-state index in [0.29, 0.717) is 10.8 Å². The number of halogens is 1. The Morgan fingerprint density at radius 2 is 2.31 bits per heavy atom. The van der Waals surface area contributed by atoms with E-state index < -0.39 is 0 Å². The average Bonchev–Trinajstić information content (AvgIpc) is 2.70. The number of aryl methyl sites for hydroxylation is 1. The normalized spacial score (nSPS) is 11.1. The molecule has 5 nitrogen and oxygen atoms in total. The summed E-state index contributed by atoms with van der Waals surface area (Å²) in [6.45, 7) is 3.47. The number of nitrogens with zero attached hydrogens (tertiary/aromatic N) is 4. The van der Waals surface area contributed by atoms with Gasteiger partial charge in [-0.1, -0.05) is 11.6 Å². The van der Waals surface area contributed by atoms with Crippen LogP contribution in [0.2, 0.25) is 5.15 Å². The molecule has 0 saturated carbocycles. The molecule has 0 atom stereocenters. The van der Waals surface area contributed by atoms with E-state index in [0.717, 1.165) is 31.9 Å². The summed E-state index contributed by atoms with van der Waals surface area (Å²) in [6.07, 6.45) is 5.21. The molecule has 0 saturated heterocycles. The van der Waals surface area contributed by atoms with Crippen LogP contribution >= 0.6 is 11.6 Å². The molecule has 0 N–H and O–H groups in total. The highest BCUT2D eigenvalue weighted by Gasteiger charge is 2.07. The number of rotatable bonds is 5. The van der Waals surface area contributed by atoms with Crippen LogP contribution in [0.15, 0.2) is 12.4 Å². The second-order valence-electron chi connectivity index (χ2n) is 3.33. The van der Waals surface area contributed by atoms with Crippen LogP contribution in [-0.2, 0) is 11.2 Å². The van der Waals surface area contributed by atoms with Crippen molar-refractivity contribution in [3.63, 3.8) is 0 Å². The van der Waals surface area contributed by atoms with Crippen LogP contribution in [-0.4, -0.2) is 32.8 Å². The molecule has 6 heteroatoms. The van der Waals surface area contributed by atoms with E-state index in [-0.39, 0.29) is 0 Å². The molecule has 0 radical (unpaired) electrons. The predicted octanol–water partition coefficient (Wildman–Crippen LogP) is 1.75. The standard InChI is InChI=1S/C10H13ClN4O/c1-2-16-7-3-4-8-13-14-10-9(11)12-5-6-15(8)10/h5-6H,2-4,7H2,1H3. The van der Waals surface area contributed by atoms with Gasteiger partial charge in [0.15, 0.2) is 10.8 Å². The maximum Gasteiger partial charge on any atom is 0.198 e. The molecule has 2 rings (SSSR count). The zero-order chi connectivity index (χ0) is 11.4. The maximum atomic E-state index is 5.90. The first-order valence-corrected chi connectivity index (χ1v) is 5.62. The van der Waals surface area contributed by atoms with Crippen LogP contribution in [0.3, 0.4) is 0 Å². The lowest BCUT2D eigenvalue weighted by Crippen LogP contribution is -2.00. The minimum atomic E-state index is 0.381. The van der Waals surface area contributed by atoms with E-state index in [9.17, 15) is 0 Å². The van der Waals surface area contributed by atoms with Crippen molar-refractivity contribution in [3.05, 3.63) is 23.4 Å². The largest absolute Gasteiger partial charge is 0.382 e. The highest BCUT2D eigenvalue weighted by Crippen LogP contribution is 2.12. The van der Waals surface area contributed by atoms with Gasteiger partial charge in [-0.15, -0.1) is 10.2 Å². The SMILES string of the molecule is CCOCCCc1nnc2c(Cl)nccn12. The van der Waals surface area contributed by atoms with Gasteiger partial charge in [-0.05, 0) is 13.3 Å². The van der Waals surface area contributed by atoms with E-state index in [2.05, 4.69) is 15.2 Å². The second-order valence-corrected chi connectivity index (χ2v) is 3.69. The summed E-state index contributed by atoms with van der Waals surface area (Å²) >= 11 is 5.90. The molecule has 0 amide bonds. The quantitative estimate of drug-likeness (QED) is 0.748. The summed E-state index contributed by atoms with van der Waals surface area (Å²) in [4.78, 5) is 3.95. The molecule has 0 aliphatic heterocycles. The topological polar surface area (TPSA) is 52.3 Å². The smallest absolute Gasteiger partial charge is 0.198 e. The van der Waals surface area contributed by atoms with E-state index in [1.807, 2.05) is 17.5 Å². The summed E-state index contributed by atoms with van der Waals surface area (Å²) in [5.74, 6) is 0.888. The number of hydrogen-bond acceptors (Lipinski definition) is 4. The van der Waals surface area contributed by atoms with Gasteiger partial charge in [0, 0.05) is 32.0 Å². The minimum absolute atomic E-state index is 0.381. The second kappa shape index (κ2) is 5.23. The molecule has 0 unspecified atom stereocenters. The molecule has 0 fully saturated rings. The number of fused-ring (bicyclic) bond motifs is 1. The molecule has 0 bridgehead atoms. The zero-order valence-electron chi connectivity index (χ0n) is 9.06. The van der Waals surface area contributed by atoms with Crippen LogP contribution in [0.5, 0.6) is 0 Å². The van der Waals surface area contributed by atoms with Gasteiger partial charge in [0.2, 0.25) is 0 Å². The van der Waals surface area contributed by atoms with Crippen molar-refractivity contribution >= 4 is 17.2 Å². The van der Waals surface area contributed by atoms with Crippen molar-refractivity contribution < 1.29 is 4.74 Å². The summed E-state index contributed by atoms with van der Waals surface area (Å²) in [5, 5.41) is 8.46. The molecule has 16 heavy (non-hydrogen) atoms. The van der Waals surface area contributed by atoms with Crippen LogP contribution < -0.4 is 0 Å². The van der Waals surface area contributed by atoms with E-state index >= 15 is 0 Å². The van der Waals surface area contributed by atoms with Gasteiger partial charge >= 0.3 is 0 Å². The van der Waals surface area contributed by atoms with Gasteiger partial charge in [-0.25, -0.2) is 4.98 Å². The monoisotopic (exact) mass is 240 g/mol. The molecule has 0 spiro atoms. The Morgan fingerprint density at radius 3 is 3.12 bits per heavy atom. The average molecular weight is 241 g/mol. The van der Waals surface area contributed by atoms with Crippen molar-refractivity contribution in [1.29, 1.82) is 0 Å². The van der Waals surface area contributed by atoms with Gasteiger partial charge in [0.25, 0.3) is 0 Å². The lowest BCUT2D eigenvalue weighted by Gasteiger charge is -2.00. The van der Waals surface area contributed by atoms with Crippen LogP contribution in [0, 0.1) is 0 Å². The lowest BCUT2D eigenvalue weighted by molar-refractivity contribution is 0.145. The zero-order valence-corrected chi connectivity index (χ0v) is 9.81. The maximum absolute atomic E-state index is 5.90. The molecule has 0 aliphatic rings. The van der Waals surface area contributed by atoms with Crippen molar-refractivity contribution in [1.82, 2.24) is 19.6 Å². The summed E-state index contributed by atoms with van der Waals surface area (Å²) < 4.78 is 7.13. The minimum Gasteiger partial charge on any atom is -0.382 e. The molecule has 2 heterocycles. The summed E-state index contributed by atoms with van der Waals surface area (Å²) in [5.41, 5.74) is 0.607. The lowest BCUT2D eigenvalue weighted by atomic mass is 10.3. The first kappa shape index (κ1) is 11.3. The number of aromatic nitrogens is 4. The summed E-state index contributed by atoms with van der Waals surface area (Å²) in [7, 11) is 0. The molecule has 0 aliphatic carbocycles. The van der Waals surface area contributed by atoms with Gasteiger partial charge in [-0.3, -0.25) is 4.40 Å². The molecule has 0 aromatic carbocycles. The van der Waals surface area contributed by atoms with Crippen LogP contribution in [0.25, 0.3) is 5.65 Å². The fraction of sp³-hybridized carbons (Fsp3) is 0.500. The molecular weight excluding hydrogens is 228 g/mol. The Labute approximate surface area is 98.4 Å². The van der Waals surface area contributed by atoms with Crippen molar-refractivity contribution in [3.8, 4) is 0 Å². The van der Waals surface area contributed by atoms with E-state index in [4.69, 9.17) is 16.3 Å². The van der Waals surface area contributed by atoms with Gasteiger partial charge in [0.05, 0.1) is 0 Å². The first-order chi connectivity index (χ1) is 7.83. The highest BCUT2D eigenvalue weighted by atomic mass is 35.5. The van der Waals surface area contributed by atoms with Gasteiger partial charge in [-0.2, -0.15) is 0 Å². The third-order valence-electron chi connectivity index (χ3n) is 2.25. The van der Waals surface area contributed by atoms with Gasteiger partial charge in [0.1, 0.15) is 5.82 Å². The number of hydrogen-bond donors (Lipinski definition) is 0. The van der Waals surface area contributed by atoms with Crippen molar-refractivity contribution in [2.45, 2.75) is 19.8 Å². The third kappa shape index (κ3) is 2.31. The molecule has 86 valence electrons. The Hall–Kier alpha value is -1.20. The third-order valence-corrected chi connectivity index (χ3v) is 2.51. The molecular formula is C10H13ClN4O. The Kier molecular flexibility index (Phi) is 3.69. The molecule has 2 aromatic heterocycles. The van der Waals surface area contributed by atoms with E-state index in [1.54, 1.807) is 6.20 Å². The molecule has 2 aromatic rings. The first-order valence-electron chi connectivity index (χ1n) is 5.24. The fourth-order valence-electron chi connectivity index (χ4n) is 1.49.